The zero-order chi connectivity index (χ0) is 13.3. The van der Waals surface area contributed by atoms with E-state index < -0.39 is 22.7 Å². The van der Waals surface area contributed by atoms with Gasteiger partial charge in [0.15, 0.2) is 15.1 Å². The number of nitrogens with zero attached hydrogens (tertiary/aromatic N) is 2. The third-order valence-electron chi connectivity index (χ3n) is 2.15. The highest BCUT2D eigenvalue weighted by Gasteiger charge is 2.25. The summed E-state index contributed by atoms with van der Waals surface area (Å²) in [5.41, 5.74) is 0. The third-order valence-corrected chi connectivity index (χ3v) is 4.73. The summed E-state index contributed by atoms with van der Waals surface area (Å²) in [6, 6.07) is 0. The molecule has 100 valence electrons. The predicted molar refractivity (Wildman–Crippen MR) is 66.4 cm³/mol. The molecule has 2 aromatic rings. The van der Waals surface area contributed by atoms with Gasteiger partial charge in [0.25, 0.3) is 10.0 Å². The Morgan fingerprint density at radius 1 is 1.61 bits per heavy atom. The minimum absolute atomic E-state index is 0.132. The molecule has 0 radical (unpaired) electrons. The summed E-state index contributed by atoms with van der Waals surface area (Å²) >= 11 is 7.04. The molecular formula is C8H10ClN3O4S2. The standard InChI is InChI=1S/C8H10ClN3O4S2/c9-6-7(12-1-2-17-8(12)11-6)18(15,16)10-3-5(14)4-13/h1-2,5,10,13-14H,3-4H2. The Balaban J connectivity index is 2.34. The van der Waals surface area contributed by atoms with Gasteiger partial charge in [-0.15, -0.1) is 11.3 Å². The van der Waals surface area contributed by atoms with Gasteiger partial charge in [-0.1, -0.05) is 11.6 Å². The van der Waals surface area contributed by atoms with Gasteiger partial charge in [-0.25, -0.2) is 18.1 Å². The van der Waals surface area contributed by atoms with Crippen molar-refractivity contribution in [2.75, 3.05) is 13.2 Å². The maximum Gasteiger partial charge on any atom is 0.259 e. The molecule has 2 heterocycles. The van der Waals surface area contributed by atoms with E-state index in [9.17, 15) is 8.42 Å². The van der Waals surface area contributed by atoms with Crippen molar-refractivity contribution in [2.24, 2.45) is 0 Å². The number of aliphatic hydroxyl groups excluding tert-OH is 2. The number of hydrogen-bond donors (Lipinski definition) is 3. The molecule has 7 nitrogen and oxygen atoms in total. The Morgan fingerprint density at radius 2 is 2.33 bits per heavy atom. The van der Waals surface area contributed by atoms with E-state index in [1.165, 1.54) is 21.9 Å². The van der Waals surface area contributed by atoms with Crippen LogP contribution in [-0.2, 0) is 10.0 Å². The van der Waals surface area contributed by atoms with E-state index in [1.807, 2.05) is 0 Å². The van der Waals surface area contributed by atoms with E-state index in [4.69, 9.17) is 21.8 Å². The highest BCUT2D eigenvalue weighted by molar-refractivity contribution is 7.89. The summed E-state index contributed by atoms with van der Waals surface area (Å²) in [5, 5.41) is 19.1. The summed E-state index contributed by atoms with van der Waals surface area (Å²) in [6.45, 7) is -0.830. The largest absolute Gasteiger partial charge is 0.394 e. The number of halogens is 1. The Kier molecular flexibility index (Phi) is 3.90. The van der Waals surface area contributed by atoms with E-state index in [0.717, 1.165) is 0 Å². The molecule has 2 aromatic heterocycles. The smallest absolute Gasteiger partial charge is 0.259 e. The molecule has 3 N–H and O–H groups in total. The van der Waals surface area contributed by atoms with Gasteiger partial charge < -0.3 is 10.2 Å². The van der Waals surface area contributed by atoms with Crippen molar-refractivity contribution < 1.29 is 18.6 Å². The second-order valence-corrected chi connectivity index (χ2v) is 6.36. The highest BCUT2D eigenvalue weighted by Crippen LogP contribution is 2.24. The molecule has 0 fully saturated rings. The van der Waals surface area contributed by atoms with Gasteiger partial charge in [-0.05, 0) is 0 Å². The van der Waals surface area contributed by atoms with Crippen molar-refractivity contribution in [3.8, 4) is 0 Å². The summed E-state index contributed by atoms with van der Waals surface area (Å²) < 4.78 is 27.5. The fourth-order valence-electron chi connectivity index (χ4n) is 1.32. The van der Waals surface area contributed by atoms with Crippen LogP contribution in [-0.4, -0.2) is 47.3 Å². The predicted octanol–water partition coefficient (Wildman–Crippen LogP) is -0.319. The van der Waals surface area contributed by atoms with E-state index in [1.54, 1.807) is 5.38 Å². The second kappa shape index (κ2) is 5.11. The van der Waals surface area contributed by atoms with Crippen LogP contribution in [0.5, 0.6) is 0 Å². The molecule has 0 aliphatic heterocycles. The number of sulfonamides is 1. The van der Waals surface area contributed by atoms with E-state index >= 15 is 0 Å². The van der Waals surface area contributed by atoms with Crippen molar-refractivity contribution in [3.05, 3.63) is 16.7 Å². The first kappa shape index (κ1) is 13.7. The van der Waals surface area contributed by atoms with Gasteiger partial charge in [-0.3, -0.25) is 4.40 Å². The summed E-state index contributed by atoms with van der Waals surface area (Å²) in [6.07, 6.45) is 0.375. The van der Waals surface area contributed by atoms with Crippen molar-refractivity contribution in [1.29, 1.82) is 0 Å². The number of fused-ring (bicyclic) bond motifs is 1. The number of nitrogens with one attached hydrogen (secondary N) is 1. The zero-order valence-electron chi connectivity index (χ0n) is 8.95. The average molecular weight is 312 g/mol. The minimum atomic E-state index is -3.90. The van der Waals surface area contributed by atoms with Crippen LogP contribution in [0.3, 0.4) is 0 Å². The SMILES string of the molecule is O=S(=O)(NCC(O)CO)c1c(Cl)nc2sccn12. The number of hydrogen-bond acceptors (Lipinski definition) is 6. The molecule has 0 bridgehead atoms. The molecule has 0 aromatic carbocycles. The lowest BCUT2D eigenvalue weighted by molar-refractivity contribution is 0.0988. The van der Waals surface area contributed by atoms with Crippen LogP contribution >= 0.6 is 22.9 Å². The summed E-state index contributed by atoms with van der Waals surface area (Å²) in [4.78, 5) is 4.36. The van der Waals surface area contributed by atoms with Gasteiger partial charge in [0.2, 0.25) is 0 Å². The lowest BCUT2D eigenvalue weighted by atomic mass is 10.4. The molecule has 1 unspecified atom stereocenters. The van der Waals surface area contributed by atoms with Crippen LogP contribution in [0, 0.1) is 0 Å². The van der Waals surface area contributed by atoms with Crippen molar-refractivity contribution in [2.45, 2.75) is 11.1 Å². The van der Waals surface area contributed by atoms with Gasteiger partial charge in [0.05, 0.1) is 12.7 Å². The van der Waals surface area contributed by atoms with Gasteiger partial charge in [-0.2, -0.15) is 0 Å². The number of aromatic nitrogens is 2. The first-order chi connectivity index (χ1) is 8.45. The molecule has 0 spiro atoms. The lowest BCUT2D eigenvalue weighted by Gasteiger charge is -2.09. The Morgan fingerprint density at radius 3 is 3.00 bits per heavy atom. The third kappa shape index (κ3) is 2.51. The molecule has 18 heavy (non-hydrogen) atoms. The van der Waals surface area contributed by atoms with Crippen LogP contribution < -0.4 is 4.72 Å². The number of thiazole rings is 1. The van der Waals surface area contributed by atoms with Crippen LogP contribution in [0.2, 0.25) is 5.15 Å². The molecule has 2 rings (SSSR count). The van der Waals surface area contributed by atoms with Gasteiger partial charge in [0.1, 0.15) is 0 Å². The average Bonchev–Trinajstić information content (AvgIpc) is 2.84. The fraction of sp³-hybridized carbons (Fsp3) is 0.375. The minimum Gasteiger partial charge on any atom is -0.394 e. The highest BCUT2D eigenvalue weighted by atomic mass is 35.5. The van der Waals surface area contributed by atoms with Crippen LogP contribution in [0.25, 0.3) is 4.96 Å². The van der Waals surface area contributed by atoms with Gasteiger partial charge >= 0.3 is 0 Å². The normalized spacial score (nSPS) is 14.2. The Labute approximate surface area is 112 Å². The number of aliphatic hydroxyl groups is 2. The molecular weight excluding hydrogens is 302 g/mol. The molecule has 0 saturated carbocycles. The van der Waals surface area contributed by atoms with Crippen LogP contribution in [0.4, 0.5) is 0 Å². The maximum absolute atomic E-state index is 12.0. The van der Waals surface area contributed by atoms with E-state index in [-0.39, 0.29) is 16.7 Å². The molecule has 0 aliphatic rings. The fourth-order valence-corrected chi connectivity index (χ4v) is 3.84. The molecule has 0 amide bonds. The number of rotatable bonds is 5. The molecule has 1 atom stereocenters. The zero-order valence-corrected chi connectivity index (χ0v) is 11.3. The van der Waals surface area contributed by atoms with E-state index in [2.05, 4.69) is 9.71 Å². The Bertz CT molecular complexity index is 650. The Hall–Kier alpha value is -0.710. The topological polar surface area (TPSA) is 104 Å². The number of imidazole rings is 1. The quantitative estimate of drug-likeness (QED) is 0.702. The maximum atomic E-state index is 12.0. The first-order valence-corrected chi connectivity index (χ1v) is 7.59. The second-order valence-electron chi connectivity index (χ2n) is 3.45. The lowest BCUT2D eigenvalue weighted by Crippen LogP contribution is -2.34. The molecule has 0 saturated heterocycles. The summed E-state index contributed by atoms with van der Waals surface area (Å²) in [7, 11) is -3.90. The molecule has 0 aliphatic carbocycles. The van der Waals surface area contributed by atoms with E-state index in [0.29, 0.717) is 4.96 Å². The molecule has 10 heteroatoms. The monoisotopic (exact) mass is 311 g/mol. The van der Waals surface area contributed by atoms with Gasteiger partial charge in [0, 0.05) is 18.1 Å². The van der Waals surface area contributed by atoms with Crippen molar-refractivity contribution in [1.82, 2.24) is 14.1 Å². The summed E-state index contributed by atoms with van der Waals surface area (Å²) in [5.74, 6) is 0. The van der Waals surface area contributed by atoms with Crippen LogP contribution in [0.15, 0.2) is 16.6 Å². The first-order valence-electron chi connectivity index (χ1n) is 4.85. The van der Waals surface area contributed by atoms with Crippen molar-refractivity contribution >= 4 is 37.9 Å². The van der Waals surface area contributed by atoms with Crippen molar-refractivity contribution in [3.63, 3.8) is 0 Å². The van der Waals surface area contributed by atoms with Crippen LogP contribution in [0.1, 0.15) is 0 Å².